The van der Waals surface area contributed by atoms with Gasteiger partial charge in [0.1, 0.15) is 0 Å². The molecular weight excluding hydrogens is 244 g/mol. The van der Waals surface area contributed by atoms with Crippen molar-refractivity contribution in [1.82, 2.24) is 0 Å². The second-order valence-electron chi connectivity index (χ2n) is 8.61. The van der Waals surface area contributed by atoms with Gasteiger partial charge in [-0.15, -0.1) is 0 Å². The first-order chi connectivity index (χ1) is 9.56. The van der Waals surface area contributed by atoms with E-state index in [2.05, 4.69) is 19.9 Å². The van der Waals surface area contributed by atoms with E-state index in [0.29, 0.717) is 5.41 Å². The van der Waals surface area contributed by atoms with Crippen LogP contribution in [-0.4, -0.2) is 11.2 Å². The molecule has 0 aromatic rings. The van der Waals surface area contributed by atoms with E-state index in [4.69, 9.17) is 0 Å². The van der Waals surface area contributed by atoms with E-state index < -0.39 is 0 Å². The topological polar surface area (TPSA) is 20.2 Å². The van der Waals surface area contributed by atoms with Crippen LogP contribution in [0.2, 0.25) is 0 Å². The zero-order valence-electron chi connectivity index (χ0n) is 13.2. The van der Waals surface area contributed by atoms with E-state index in [1.54, 1.807) is 0 Å². The molecule has 0 aliphatic heterocycles. The molecule has 20 heavy (non-hydrogen) atoms. The fourth-order valence-electron chi connectivity index (χ4n) is 6.53. The molecule has 112 valence electrons. The fourth-order valence-corrected chi connectivity index (χ4v) is 6.53. The molecule has 1 nitrogen and oxygen atoms in total. The van der Waals surface area contributed by atoms with Gasteiger partial charge in [-0.2, -0.15) is 0 Å². The molecule has 0 heterocycles. The predicted octanol–water partition coefficient (Wildman–Crippen LogP) is 4.70. The van der Waals surface area contributed by atoms with Crippen molar-refractivity contribution in [2.75, 3.05) is 0 Å². The second kappa shape index (κ2) is 4.35. The SMILES string of the molecule is CC12CCCCC1CCC1C2=CCC2(C)C(O)CCC12. The van der Waals surface area contributed by atoms with Crippen LogP contribution in [-0.2, 0) is 0 Å². The Bertz CT molecular complexity index is 439. The Hall–Kier alpha value is -0.300. The summed E-state index contributed by atoms with van der Waals surface area (Å²) in [7, 11) is 0. The summed E-state index contributed by atoms with van der Waals surface area (Å²) in [4.78, 5) is 0. The maximum atomic E-state index is 10.4. The lowest BCUT2D eigenvalue weighted by molar-refractivity contribution is -0.00606. The van der Waals surface area contributed by atoms with E-state index >= 15 is 0 Å². The predicted molar refractivity (Wildman–Crippen MR) is 82.3 cm³/mol. The lowest BCUT2D eigenvalue weighted by atomic mass is 9.49. The number of aliphatic hydroxyl groups is 1. The summed E-state index contributed by atoms with van der Waals surface area (Å²) >= 11 is 0. The Morgan fingerprint density at radius 2 is 1.90 bits per heavy atom. The molecule has 6 atom stereocenters. The van der Waals surface area contributed by atoms with Crippen LogP contribution >= 0.6 is 0 Å². The highest BCUT2D eigenvalue weighted by atomic mass is 16.3. The number of rotatable bonds is 0. The number of hydrogen-bond donors (Lipinski definition) is 1. The monoisotopic (exact) mass is 274 g/mol. The van der Waals surface area contributed by atoms with Gasteiger partial charge in [0.05, 0.1) is 6.10 Å². The maximum absolute atomic E-state index is 10.4. The van der Waals surface area contributed by atoms with E-state index in [-0.39, 0.29) is 11.5 Å². The molecule has 0 amide bonds. The van der Waals surface area contributed by atoms with Gasteiger partial charge in [-0.25, -0.2) is 0 Å². The molecule has 0 bridgehead atoms. The minimum Gasteiger partial charge on any atom is -0.393 e. The van der Waals surface area contributed by atoms with Crippen molar-refractivity contribution in [1.29, 1.82) is 0 Å². The zero-order chi connectivity index (χ0) is 14.0. The van der Waals surface area contributed by atoms with E-state index in [0.717, 1.165) is 30.6 Å². The average Bonchev–Trinajstić information content (AvgIpc) is 2.74. The van der Waals surface area contributed by atoms with Gasteiger partial charge >= 0.3 is 0 Å². The normalized spacial score (nSPS) is 54.6. The van der Waals surface area contributed by atoms with Crippen molar-refractivity contribution in [3.05, 3.63) is 11.6 Å². The fraction of sp³-hybridized carbons (Fsp3) is 0.895. The van der Waals surface area contributed by atoms with Crippen LogP contribution in [0.4, 0.5) is 0 Å². The average molecular weight is 274 g/mol. The molecule has 1 heteroatoms. The molecule has 0 radical (unpaired) electrons. The van der Waals surface area contributed by atoms with Crippen molar-refractivity contribution in [2.24, 2.45) is 28.6 Å². The van der Waals surface area contributed by atoms with Crippen molar-refractivity contribution >= 4 is 0 Å². The van der Waals surface area contributed by atoms with Crippen LogP contribution in [0.5, 0.6) is 0 Å². The summed E-state index contributed by atoms with van der Waals surface area (Å²) in [6, 6.07) is 0. The summed E-state index contributed by atoms with van der Waals surface area (Å²) in [5.74, 6) is 2.51. The molecule has 1 N–H and O–H groups in total. The lowest BCUT2D eigenvalue weighted by Crippen LogP contribution is -2.47. The standard InChI is InChI=1S/C19H30O/c1-18-11-4-3-5-13(18)6-7-14-15-8-9-17(20)19(15,2)12-10-16(14)18/h10,13-15,17,20H,3-9,11-12H2,1-2H3. The summed E-state index contributed by atoms with van der Waals surface area (Å²) in [5, 5.41) is 10.4. The van der Waals surface area contributed by atoms with Gasteiger partial charge in [0.25, 0.3) is 0 Å². The number of aliphatic hydroxyl groups excluding tert-OH is 1. The Morgan fingerprint density at radius 1 is 1.05 bits per heavy atom. The molecule has 0 saturated heterocycles. The van der Waals surface area contributed by atoms with Gasteiger partial charge < -0.3 is 5.11 Å². The van der Waals surface area contributed by atoms with E-state index in [1.807, 2.05) is 5.57 Å². The molecule has 3 fully saturated rings. The first kappa shape index (κ1) is 13.4. The largest absolute Gasteiger partial charge is 0.393 e. The molecule has 0 aromatic carbocycles. The van der Waals surface area contributed by atoms with Gasteiger partial charge in [-0.1, -0.05) is 38.3 Å². The third-order valence-corrected chi connectivity index (χ3v) is 7.89. The molecular formula is C19H30O. The summed E-state index contributed by atoms with van der Waals surface area (Å²) in [5.41, 5.74) is 2.52. The van der Waals surface area contributed by atoms with Crippen LogP contribution in [0.25, 0.3) is 0 Å². The van der Waals surface area contributed by atoms with Crippen LogP contribution in [0, 0.1) is 28.6 Å². The smallest absolute Gasteiger partial charge is 0.0599 e. The molecule has 4 rings (SSSR count). The minimum absolute atomic E-state index is 0.0535. The van der Waals surface area contributed by atoms with Crippen LogP contribution in [0.1, 0.15) is 71.6 Å². The first-order valence-corrected chi connectivity index (χ1v) is 8.94. The zero-order valence-corrected chi connectivity index (χ0v) is 13.2. The highest BCUT2D eigenvalue weighted by Crippen LogP contribution is 2.63. The summed E-state index contributed by atoms with van der Waals surface area (Å²) < 4.78 is 0. The Labute approximate surface area is 123 Å². The molecule has 3 saturated carbocycles. The highest BCUT2D eigenvalue weighted by Gasteiger charge is 2.56. The van der Waals surface area contributed by atoms with Crippen molar-refractivity contribution in [3.8, 4) is 0 Å². The van der Waals surface area contributed by atoms with E-state index in [9.17, 15) is 5.11 Å². The van der Waals surface area contributed by atoms with Crippen molar-refractivity contribution in [3.63, 3.8) is 0 Å². The van der Waals surface area contributed by atoms with Gasteiger partial charge in [-0.3, -0.25) is 0 Å². The third kappa shape index (κ3) is 1.59. The summed E-state index contributed by atoms with van der Waals surface area (Å²) in [6.07, 6.45) is 14.6. The number of fused-ring (bicyclic) bond motifs is 5. The molecule has 4 aliphatic carbocycles. The molecule has 0 aromatic heterocycles. The number of hydrogen-bond acceptors (Lipinski definition) is 1. The molecule has 0 spiro atoms. The molecule has 4 aliphatic rings. The second-order valence-corrected chi connectivity index (χ2v) is 8.61. The highest BCUT2D eigenvalue weighted by molar-refractivity contribution is 5.28. The Balaban J connectivity index is 1.72. The quantitative estimate of drug-likeness (QED) is 0.635. The van der Waals surface area contributed by atoms with Gasteiger partial charge in [0.2, 0.25) is 0 Å². The Kier molecular flexibility index (Phi) is 2.91. The van der Waals surface area contributed by atoms with Gasteiger partial charge in [-0.05, 0) is 68.1 Å². The van der Waals surface area contributed by atoms with Crippen LogP contribution in [0.3, 0.4) is 0 Å². The maximum Gasteiger partial charge on any atom is 0.0599 e. The molecule has 6 unspecified atom stereocenters. The summed E-state index contributed by atoms with van der Waals surface area (Å²) in [6.45, 7) is 4.93. The minimum atomic E-state index is -0.0535. The lowest BCUT2D eigenvalue weighted by Gasteiger charge is -2.55. The first-order valence-electron chi connectivity index (χ1n) is 8.94. The number of allylic oxidation sites excluding steroid dienone is 2. The van der Waals surface area contributed by atoms with Crippen molar-refractivity contribution < 1.29 is 5.11 Å². The third-order valence-electron chi connectivity index (χ3n) is 7.89. The Morgan fingerprint density at radius 3 is 2.75 bits per heavy atom. The van der Waals surface area contributed by atoms with E-state index in [1.165, 1.54) is 44.9 Å². The van der Waals surface area contributed by atoms with Crippen LogP contribution in [0.15, 0.2) is 11.6 Å². The van der Waals surface area contributed by atoms with Crippen LogP contribution < -0.4 is 0 Å². The van der Waals surface area contributed by atoms with Crippen molar-refractivity contribution in [2.45, 2.75) is 77.7 Å². The van der Waals surface area contributed by atoms with Gasteiger partial charge in [0, 0.05) is 5.41 Å². The van der Waals surface area contributed by atoms with Gasteiger partial charge in [0.15, 0.2) is 0 Å².